The van der Waals surface area contributed by atoms with E-state index in [-0.39, 0.29) is 24.8 Å². The first-order valence-electron chi connectivity index (χ1n) is 8.07. The van der Waals surface area contributed by atoms with Crippen molar-refractivity contribution in [3.05, 3.63) is 30.2 Å². The lowest BCUT2D eigenvalue weighted by Crippen LogP contribution is -2.25. The van der Waals surface area contributed by atoms with Crippen LogP contribution < -0.4 is 10.6 Å². The molecule has 1 aliphatic heterocycles. The summed E-state index contributed by atoms with van der Waals surface area (Å²) in [4.78, 5) is 7.11. The van der Waals surface area contributed by atoms with Crippen LogP contribution in [0.25, 0.3) is 11.1 Å². The lowest BCUT2D eigenvalue weighted by atomic mass is 10.0. The molecular weight excluding hydrogens is 345 g/mol. The topological polar surface area (TPSA) is 60.0 Å². The summed E-state index contributed by atoms with van der Waals surface area (Å²) in [5.41, 5.74) is 9.40. The third kappa shape index (κ3) is 3.39. The summed E-state index contributed by atoms with van der Waals surface area (Å²) >= 11 is 0. The first-order chi connectivity index (χ1) is 10.6. The number of aromatic nitrogens is 3. The zero-order valence-corrected chi connectivity index (χ0v) is 15.7. The van der Waals surface area contributed by atoms with E-state index in [9.17, 15) is 0 Å². The van der Waals surface area contributed by atoms with Crippen molar-refractivity contribution in [2.24, 2.45) is 24.6 Å². The molecule has 24 heavy (non-hydrogen) atoms. The second kappa shape index (κ2) is 7.30. The highest BCUT2D eigenvalue weighted by atomic mass is 35.5. The summed E-state index contributed by atoms with van der Waals surface area (Å²) in [5.74, 6) is 2.61. The Balaban J connectivity index is 0.00000104. The molecule has 0 unspecified atom stereocenters. The van der Waals surface area contributed by atoms with Crippen molar-refractivity contribution in [2.45, 2.75) is 25.8 Å². The fourth-order valence-corrected chi connectivity index (χ4v) is 4.15. The van der Waals surface area contributed by atoms with Gasteiger partial charge in [0.1, 0.15) is 5.82 Å². The lowest BCUT2D eigenvalue weighted by Gasteiger charge is -2.19. The predicted octanol–water partition coefficient (Wildman–Crippen LogP) is 2.81. The molecule has 0 aromatic carbocycles. The van der Waals surface area contributed by atoms with Crippen molar-refractivity contribution < 1.29 is 0 Å². The van der Waals surface area contributed by atoms with E-state index in [1.807, 2.05) is 31.0 Å². The second-order valence-electron chi connectivity index (χ2n) is 6.86. The maximum Gasteiger partial charge on any atom is 0.128 e. The number of pyridine rings is 1. The zero-order chi connectivity index (χ0) is 15.3. The Kier molecular flexibility index (Phi) is 5.78. The maximum atomic E-state index is 6.07. The van der Waals surface area contributed by atoms with Crippen molar-refractivity contribution in [1.82, 2.24) is 14.8 Å². The van der Waals surface area contributed by atoms with Crippen LogP contribution in [-0.2, 0) is 7.05 Å². The van der Waals surface area contributed by atoms with Gasteiger partial charge in [0, 0.05) is 49.7 Å². The number of nitrogens with two attached hydrogens (primary N) is 1. The Morgan fingerprint density at radius 1 is 1.12 bits per heavy atom. The van der Waals surface area contributed by atoms with Crippen LogP contribution in [0.1, 0.15) is 18.5 Å². The molecule has 0 radical (unpaired) electrons. The highest BCUT2D eigenvalue weighted by Crippen LogP contribution is 2.38. The zero-order valence-electron chi connectivity index (χ0n) is 14.1. The van der Waals surface area contributed by atoms with E-state index >= 15 is 0 Å². The molecule has 2 atom stereocenters. The van der Waals surface area contributed by atoms with Crippen LogP contribution in [0.15, 0.2) is 24.5 Å². The molecule has 4 rings (SSSR count). The number of aryl methyl sites for hydroxylation is 2. The summed E-state index contributed by atoms with van der Waals surface area (Å²) in [5, 5.41) is 4.40. The molecule has 2 aromatic heterocycles. The van der Waals surface area contributed by atoms with E-state index in [1.54, 1.807) is 0 Å². The normalized spacial score (nSPS) is 22.9. The molecule has 0 spiro atoms. The maximum absolute atomic E-state index is 6.07. The quantitative estimate of drug-likeness (QED) is 0.883. The van der Waals surface area contributed by atoms with E-state index in [2.05, 4.69) is 22.1 Å². The molecule has 2 aliphatic rings. The standard InChI is InChI=1S/C17H23N5.2ClH/c1-11-16(10-21(2)20-11)12-3-4-17(19-7-12)22-8-13-5-15(18)6-14(13)9-22;;/h3-4,7,10,13-15H,5-6,8-9,18H2,1-2H3;2*1H/t13-,14-;;/m1../s1. The molecule has 0 bridgehead atoms. The van der Waals surface area contributed by atoms with Crippen molar-refractivity contribution >= 4 is 30.6 Å². The van der Waals surface area contributed by atoms with Gasteiger partial charge in [0.05, 0.1) is 5.69 Å². The van der Waals surface area contributed by atoms with Crippen molar-refractivity contribution in [1.29, 1.82) is 0 Å². The Morgan fingerprint density at radius 2 is 1.79 bits per heavy atom. The van der Waals surface area contributed by atoms with Gasteiger partial charge in [0.2, 0.25) is 0 Å². The van der Waals surface area contributed by atoms with Gasteiger partial charge in [0.25, 0.3) is 0 Å². The lowest BCUT2D eigenvalue weighted by molar-refractivity contribution is 0.494. The van der Waals surface area contributed by atoms with Crippen LogP contribution >= 0.6 is 24.8 Å². The Labute approximate surface area is 155 Å². The molecule has 1 saturated carbocycles. The summed E-state index contributed by atoms with van der Waals surface area (Å²) in [6.07, 6.45) is 6.37. The van der Waals surface area contributed by atoms with Crippen LogP contribution in [0.4, 0.5) is 5.82 Å². The SMILES string of the molecule is Cc1nn(C)cc1-c1ccc(N2C[C@H]3CC(N)C[C@@H]3C2)nc1.Cl.Cl. The molecule has 2 fully saturated rings. The largest absolute Gasteiger partial charge is 0.356 e. The molecule has 1 saturated heterocycles. The molecule has 2 aromatic rings. The molecule has 7 heteroatoms. The molecule has 132 valence electrons. The average molecular weight is 370 g/mol. The summed E-state index contributed by atoms with van der Waals surface area (Å²) in [7, 11) is 1.95. The van der Waals surface area contributed by atoms with E-state index in [4.69, 9.17) is 10.7 Å². The fourth-order valence-electron chi connectivity index (χ4n) is 4.15. The number of anilines is 1. The monoisotopic (exact) mass is 369 g/mol. The minimum Gasteiger partial charge on any atom is -0.356 e. The molecule has 2 N–H and O–H groups in total. The van der Waals surface area contributed by atoms with Gasteiger partial charge < -0.3 is 10.6 Å². The van der Waals surface area contributed by atoms with E-state index < -0.39 is 0 Å². The van der Waals surface area contributed by atoms with Crippen LogP contribution in [0.3, 0.4) is 0 Å². The fraction of sp³-hybridized carbons (Fsp3) is 0.529. The van der Waals surface area contributed by atoms with Gasteiger partial charge in [-0.3, -0.25) is 4.68 Å². The molecule has 3 heterocycles. The van der Waals surface area contributed by atoms with Gasteiger partial charge in [-0.25, -0.2) is 4.98 Å². The number of hydrogen-bond acceptors (Lipinski definition) is 4. The number of hydrogen-bond donors (Lipinski definition) is 1. The van der Waals surface area contributed by atoms with E-state index in [1.165, 1.54) is 12.8 Å². The summed E-state index contributed by atoms with van der Waals surface area (Å²) < 4.78 is 1.85. The first-order valence-corrected chi connectivity index (χ1v) is 8.07. The second-order valence-corrected chi connectivity index (χ2v) is 6.86. The highest BCUT2D eigenvalue weighted by Gasteiger charge is 2.39. The third-order valence-corrected chi connectivity index (χ3v) is 5.18. The predicted molar refractivity (Wildman–Crippen MR) is 102 cm³/mol. The van der Waals surface area contributed by atoms with Crippen molar-refractivity contribution in [3.63, 3.8) is 0 Å². The first kappa shape index (κ1) is 19.0. The molecule has 0 amide bonds. The highest BCUT2D eigenvalue weighted by molar-refractivity contribution is 5.85. The Morgan fingerprint density at radius 3 is 2.29 bits per heavy atom. The smallest absolute Gasteiger partial charge is 0.128 e. The van der Waals surface area contributed by atoms with Gasteiger partial charge >= 0.3 is 0 Å². The number of nitrogens with zero attached hydrogens (tertiary/aromatic N) is 4. The van der Waals surface area contributed by atoms with Gasteiger partial charge in [-0.1, -0.05) is 0 Å². The van der Waals surface area contributed by atoms with Crippen LogP contribution in [0.5, 0.6) is 0 Å². The van der Waals surface area contributed by atoms with Crippen molar-refractivity contribution in [3.8, 4) is 11.1 Å². The summed E-state index contributed by atoms with van der Waals surface area (Å²) in [6, 6.07) is 4.72. The molecule has 1 aliphatic carbocycles. The van der Waals surface area contributed by atoms with Crippen LogP contribution in [-0.4, -0.2) is 33.9 Å². The van der Waals surface area contributed by atoms with Gasteiger partial charge in [0.15, 0.2) is 0 Å². The third-order valence-electron chi connectivity index (χ3n) is 5.18. The van der Waals surface area contributed by atoms with Crippen molar-refractivity contribution in [2.75, 3.05) is 18.0 Å². The van der Waals surface area contributed by atoms with E-state index in [0.29, 0.717) is 6.04 Å². The minimum atomic E-state index is 0. The molecular formula is C17H25Cl2N5. The number of halogens is 2. The van der Waals surface area contributed by atoms with Crippen LogP contribution in [0, 0.1) is 18.8 Å². The van der Waals surface area contributed by atoms with Crippen LogP contribution in [0.2, 0.25) is 0 Å². The number of fused-ring (bicyclic) bond motifs is 1. The summed E-state index contributed by atoms with van der Waals surface area (Å²) in [6.45, 7) is 4.25. The van der Waals surface area contributed by atoms with Gasteiger partial charge in [-0.2, -0.15) is 5.10 Å². The Hall–Kier alpha value is -1.30. The Bertz CT molecular complexity index is 671. The van der Waals surface area contributed by atoms with E-state index in [0.717, 1.165) is 47.6 Å². The van der Waals surface area contributed by atoms with Gasteiger partial charge in [-0.15, -0.1) is 24.8 Å². The average Bonchev–Trinajstić information content (AvgIpc) is 3.11. The number of rotatable bonds is 2. The minimum absolute atomic E-state index is 0. The molecule has 5 nitrogen and oxygen atoms in total. The van der Waals surface area contributed by atoms with Gasteiger partial charge in [-0.05, 0) is 43.7 Å².